The summed E-state index contributed by atoms with van der Waals surface area (Å²) in [6.45, 7) is 2.56. The van der Waals surface area contributed by atoms with Crippen LogP contribution in [0.15, 0.2) is 66.7 Å². The van der Waals surface area contributed by atoms with E-state index in [1.807, 2.05) is 30.3 Å². The number of ether oxygens (including phenoxy) is 3. The van der Waals surface area contributed by atoms with Gasteiger partial charge in [-0.3, -0.25) is 0 Å². The van der Waals surface area contributed by atoms with Gasteiger partial charge in [-0.15, -0.1) is 0 Å². The average Bonchev–Trinajstić information content (AvgIpc) is 2.82. The largest absolute Gasteiger partial charge is 0.493 e. The van der Waals surface area contributed by atoms with Crippen molar-refractivity contribution in [1.82, 2.24) is 4.90 Å². The van der Waals surface area contributed by atoms with Crippen molar-refractivity contribution in [2.24, 2.45) is 0 Å². The molecular weight excluding hydrogens is 430 g/mol. The van der Waals surface area contributed by atoms with Gasteiger partial charge in [-0.1, -0.05) is 48.1 Å². The van der Waals surface area contributed by atoms with Crippen LogP contribution >= 0.6 is 23.8 Å². The molecule has 4 rings (SSSR count). The zero-order chi connectivity index (χ0) is 21.6. The van der Waals surface area contributed by atoms with Crippen molar-refractivity contribution in [3.05, 3.63) is 88.4 Å². The van der Waals surface area contributed by atoms with Crippen LogP contribution in [0.25, 0.3) is 0 Å². The topological polar surface area (TPSA) is 30.9 Å². The van der Waals surface area contributed by atoms with E-state index in [0.29, 0.717) is 29.7 Å². The molecule has 0 radical (unpaired) electrons. The summed E-state index contributed by atoms with van der Waals surface area (Å²) in [6, 6.07) is 21.6. The smallest absolute Gasteiger partial charge is 0.161 e. The molecule has 6 heteroatoms. The Kier molecular flexibility index (Phi) is 6.95. The van der Waals surface area contributed by atoms with Crippen molar-refractivity contribution in [3.63, 3.8) is 0 Å². The second kappa shape index (κ2) is 10.0. The quantitative estimate of drug-likeness (QED) is 0.346. The fraction of sp³-hybridized carbons (Fsp3) is 0.240. The minimum Gasteiger partial charge on any atom is -0.493 e. The van der Waals surface area contributed by atoms with Gasteiger partial charge in [0, 0.05) is 23.7 Å². The maximum atomic E-state index is 5.89. The third-order valence-corrected chi connectivity index (χ3v) is 6.00. The van der Waals surface area contributed by atoms with Crippen molar-refractivity contribution in [1.29, 1.82) is 0 Å². The minimum absolute atomic E-state index is 0.395. The lowest BCUT2D eigenvalue weighted by Gasteiger charge is -2.31. The minimum atomic E-state index is 0.395. The van der Waals surface area contributed by atoms with Crippen LogP contribution < -0.4 is 14.2 Å². The molecule has 3 aromatic rings. The van der Waals surface area contributed by atoms with Gasteiger partial charge in [0.15, 0.2) is 11.5 Å². The average molecular weight is 454 g/mol. The van der Waals surface area contributed by atoms with Crippen molar-refractivity contribution in [2.75, 3.05) is 26.9 Å². The molecule has 0 N–H and O–H groups in total. The predicted octanol–water partition coefficient (Wildman–Crippen LogP) is 5.54. The molecule has 1 aliphatic heterocycles. The van der Waals surface area contributed by atoms with Gasteiger partial charge in [0.1, 0.15) is 24.0 Å². The Morgan fingerprint density at radius 1 is 0.935 bits per heavy atom. The first kappa shape index (κ1) is 21.5. The highest BCUT2D eigenvalue weighted by molar-refractivity contribution is 7.80. The molecule has 31 heavy (non-hydrogen) atoms. The van der Waals surface area contributed by atoms with Gasteiger partial charge in [-0.25, -0.2) is 0 Å². The number of hydrogen-bond donors (Lipinski definition) is 0. The third kappa shape index (κ3) is 5.30. The van der Waals surface area contributed by atoms with Crippen molar-refractivity contribution < 1.29 is 14.2 Å². The molecule has 0 fully saturated rings. The molecule has 1 aliphatic rings. The van der Waals surface area contributed by atoms with Gasteiger partial charge in [-0.2, -0.15) is 0 Å². The Labute approximate surface area is 193 Å². The lowest BCUT2D eigenvalue weighted by atomic mass is 9.99. The summed E-state index contributed by atoms with van der Waals surface area (Å²) in [5, 5.41) is 0.681. The van der Waals surface area contributed by atoms with Gasteiger partial charge in [0.25, 0.3) is 0 Å². The van der Waals surface area contributed by atoms with Crippen LogP contribution in [0.3, 0.4) is 0 Å². The van der Waals surface area contributed by atoms with Crippen molar-refractivity contribution in [3.8, 4) is 17.2 Å². The van der Waals surface area contributed by atoms with Crippen LogP contribution in [-0.4, -0.2) is 36.8 Å². The first-order valence-corrected chi connectivity index (χ1v) is 11.0. The van der Waals surface area contributed by atoms with Crippen LogP contribution in [0.4, 0.5) is 0 Å². The highest BCUT2D eigenvalue weighted by Crippen LogP contribution is 2.30. The zero-order valence-corrected chi connectivity index (χ0v) is 18.9. The van der Waals surface area contributed by atoms with E-state index in [4.69, 9.17) is 38.0 Å². The Morgan fingerprint density at radius 3 is 2.45 bits per heavy atom. The monoisotopic (exact) mass is 453 g/mol. The van der Waals surface area contributed by atoms with E-state index in [1.54, 1.807) is 19.2 Å². The fourth-order valence-electron chi connectivity index (χ4n) is 3.61. The number of thiocarbonyl (C=S) groups is 1. The highest BCUT2D eigenvalue weighted by atomic mass is 35.5. The molecule has 0 atom stereocenters. The van der Waals surface area contributed by atoms with Crippen molar-refractivity contribution in [2.45, 2.75) is 13.0 Å². The second-order valence-electron chi connectivity index (χ2n) is 7.26. The molecule has 0 aromatic heterocycles. The summed E-state index contributed by atoms with van der Waals surface area (Å²) in [7, 11) is 1.64. The van der Waals surface area contributed by atoms with Crippen LogP contribution in [0.1, 0.15) is 16.7 Å². The summed E-state index contributed by atoms with van der Waals surface area (Å²) < 4.78 is 17.1. The van der Waals surface area contributed by atoms with Gasteiger partial charge >= 0.3 is 0 Å². The van der Waals surface area contributed by atoms with E-state index in [0.717, 1.165) is 35.8 Å². The van der Waals surface area contributed by atoms with Gasteiger partial charge in [0.05, 0.1) is 7.11 Å². The molecule has 0 aliphatic carbocycles. The van der Waals surface area contributed by atoms with E-state index in [9.17, 15) is 0 Å². The van der Waals surface area contributed by atoms with E-state index >= 15 is 0 Å². The molecule has 0 unspecified atom stereocenters. The number of rotatable bonds is 7. The van der Waals surface area contributed by atoms with Crippen LogP contribution in [0.2, 0.25) is 5.02 Å². The maximum absolute atomic E-state index is 5.89. The van der Waals surface area contributed by atoms with E-state index in [2.05, 4.69) is 29.2 Å². The second-order valence-corrected chi connectivity index (χ2v) is 8.09. The number of methoxy groups -OCH3 is 1. The summed E-state index contributed by atoms with van der Waals surface area (Å²) in [5.74, 6) is 2.07. The number of halogens is 1. The number of fused-ring (bicyclic) bond motifs is 1. The van der Waals surface area contributed by atoms with Gasteiger partial charge in [0.2, 0.25) is 0 Å². The normalized spacial score (nSPS) is 12.8. The summed E-state index contributed by atoms with van der Waals surface area (Å²) in [6.07, 6.45) is 1.00. The summed E-state index contributed by atoms with van der Waals surface area (Å²) in [4.78, 5) is 3.07. The number of hydrogen-bond acceptors (Lipinski definition) is 4. The van der Waals surface area contributed by atoms with E-state index in [-0.39, 0.29) is 0 Å². The number of nitrogens with zero attached hydrogens (tertiary/aromatic N) is 1. The summed E-state index contributed by atoms with van der Waals surface area (Å²) in [5.41, 5.74) is 3.70. The Balaban J connectivity index is 1.36. The standard InChI is InChI=1S/C25H24ClNO3S/c1-28-24-16-19(25(31)27-13-12-18-4-2-3-5-20(18)17-27)6-11-23(24)30-15-14-29-22-9-7-21(26)8-10-22/h2-11,16H,12-15,17H2,1H3. The summed E-state index contributed by atoms with van der Waals surface area (Å²) >= 11 is 11.7. The van der Waals surface area contributed by atoms with Crippen LogP contribution in [0.5, 0.6) is 17.2 Å². The van der Waals surface area contributed by atoms with Crippen LogP contribution in [0, 0.1) is 0 Å². The first-order chi connectivity index (χ1) is 15.1. The zero-order valence-electron chi connectivity index (χ0n) is 17.3. The molecule has 4 nitrogen and oxygen atoms in total. The molecule has 160 valence electrons. The molecule has 0 spiro atoms. The molecule has 0 saturated carbocycles. The third-order valence-electron chi connectivity index (χ3n) is 5.25. The van der Waals surface area contributed by atoms with Crippen molar-refractivity contribution >= 4 is 28.8 Å². The van der Waals surface area contributed by atoms with E-state index in [1.165, 1.54) is 11.1 Å². The molecular formula is C25H24ClNO3S. The maximum Gasteiger partial charge on any atom is 0.161 e. The SMILES string of the molecule is COc1cc(C(=S)N2CCc3ccccc3C2)ccc1OCCOc1ccc(Cl)cc1. The predicted molar refractivity (Wildman–Crippen MR) is 128 cm³/mol. The lowest BCUT2D eigenvalue weighted by Crippen LogP contribution is -2.35. The van der Waals surface area contributed by atoms with E-state index < -0.39 is 0 Å². The first-order valence-electron chi connectivity index (χ1n) is 10.2. The lowest BCUT2D eigenvalue weighted by molar-refractivity contribution is 0.211. The molecule has 0 amide bonds. The Morgan fingerprint density at radius 2 is 1.68 bits per heavy atom. The Bertz CT molecular complexity index is 1050. The molecule has 3 aromatic carbocycles. The molecule has 0 bridgehead atoms. The van der Waals surface area contributed by atoms with Gasteiger partial charge in [-0.05, 0) is 60.0 Å². The van der Waals surface area contributed by atoms with Gasteiger partial charge < -0.3 is 19.1 Å². The fourth-order valence-corrected chi connectivity index (χ4v) is 4.02. The Hall–Kier alpha value is -2.76. The number of benzene rings is 3. The molecule has 0 saturated heterocycles. The molecule has 1 heterocycles. The highest BCUT2D eigenvalue weighted by Gasteiger charge is 2.20. The van der Waals surface area contributed by atoms with Crippen LogP contribution in [-0.2, 0) is 13.0 Å².